The lowest BCUT2D eigenvalue weighted by Crippen LogP contribution is -1.97. The van der Waals surface area contributed by atoms with E-state index in [1.165, 1.54) is 0 Å². The minimum atomic E-state index is -3.09. The third-order valence-corrected chi connectivity index (χ3v) is 3.52. The summed E-state index contributed by atoms with van der Waals surface area (Å²) in [5, 5.41) is 0.464. The Morgan fingerprint density at radius 3 is 2.15 bits per heavy atom. The Balaban J connectivity index is 4.46. The van der Waals surface area contributed by atoms with E-state index >= 15 is 0 Å². The fourth-order valence-corrected chi connectivity index (χ4v) is 2.31. The number of allylic oxidation sites excluding steroid dienone is 2. The first-order valence-corrected chi connectivity index (χ1v) is 5.83. The predicted molar refractivity (Wildman–Crippen MR) is 54.8 cm³/mol. The molecule has 76 valence electrons. The van der Waals surface area contributed by atoms with Crippen molar-refractivity contribution in [3.05, 3.63) is 24.5 Å². The van der Waals surface area contributed by atoms with Crippen LogP contribution < -0.4 is 0 Å². The van der Waals surface area contributed by atoms with Crippen LogP contribution in [-0.4, -0.2) is 13.2 Å². The summed E-state index contributed by atoms with van der Waals surface area (Å²) in [4.78, 5) is 0. The maximum absolute atomic E-state index is 11.9. The van der Waals surface area contributed by atoms with Crippen molar-refractivity contribution in [2.24, 2.45) is 0 Å². The zero-order valence-corrected chi connectivity index (χ0v) is 9.18. The van der Waals surface area contributed by atoms with Crippen molar-refractivity contribution >= 4 is 7.60 Å². The number of hydrogen-bond acceptors (Lipinski definition) is 3. The highest BCUT2D eigenvalue weighted by Gasteiger charge is 2.26. The molecule has 3 nitrogen and oxygen atoms in total. The summed E-state index contributed by atoms with van der Waals surface area (Å²) < 4.78 is 22.1. The van der Waals surface area contributed by atoms with Crippen molar-refractivity contribution < 1.29 is 13.6 Å². The molecule has 0 N–H and O–H groups in total. The molecular formula is C9H17O3P. The van der Waals surface area contributed by atoms with E-state index in [4.69, 9.17) is 9.05 Å². The van der Waals surface area contributed by atoms with Crippen molar-refractivity contribution in [2.75, 3.05) is 13.2 Å². The summed E-state index contributed by atoms with van der Waals surface area (Å²) in [6.07, 6.45) is 2.09. The van der Waals surface area contributed by atoms with E-state index in [0.717, 1.165) is 0 Å². The van der Waals surface area contributed by atoms with Crippen LogP contribution in [0.15, 0.2) is 24.5 Å². The molecule has 0 spiro atoms. The van der Waals surface area contributed by atoms with Crippen LogP contribution >= 0.6 is 7.60 Å². The molecule has 0 fully saturated rings. The number of hydrogen-bond donors (Lipinski definition) is 0. The lowest BCUT2D eigenvalue weighted by molar-refractivity contribution is 0.226. The molecule has 0 aliphatic rings. The maximum Gasteiger partial charge on any atom is 0.357 e. The van der Waals surface area contributed by atoms with Crippen LogP contribution in [0.4, 0.5) is 0 Å². The normalized spacial score (nSPS) is 11.2. The zero-order chi connectivity index (χ0) is 10.3. The Bertz CT molecular complexity index is 213. The molecule has 0 amide bonds. The van der Waals surface area contributed by atoms with Gasteiger partial charge in [0.25, 0.3) is 0 Å². The molecule has 0 saturated carbocycles. The van der Waals surface area contributed by atoms with Gasteiger partial charge in [-0.3, -0.25) is 4.57 Å². The molecule has 0 atom stereocenters. The second-order valence-corrected chi connectivity index (χ2v) is 4.54. The molecule has 0 aliphatic carbocycles. The van der Waals surface area contributed by atoms with E-state index in [1.807, 2.05) is 0 Å². The van der Waals surface area contributed by atoms with Gasteiger partial charge >= 0.3 is 7.60 Å². The van der Waals surface area contributed by atoms with Gasteiger partial charge in [-0.25, -0.2) is 0 Å². The Morgan fingerprint density at radius 1 is 1.38 bits per heavy atom. The van der Waals surface area contributed by atoms with Crippen LogP contribution in [0.3, 0.4) is 0 Å². The summed E-state index contributed by atoms with van der Waals surface area (Å²) in [5.41, 5.74) is 0. The van der Waals surface area contributed by atoms with Gasteiger partial charge in [0.05, 0.1) is 13.2 Å². The maximum atomic E-state index is 11.9. The Labute approximate surface area is 80.0 Å². The third-order valence-electron chi connectivity index (χ3n) is 1.37. The smallest absolute Gasteiger partial charge is 0.306 e. The first-order valence-electron chi connectivity index (χ1n) is 4.29. The first-order chi connectivity index (χ1) is 6.10. The molecule has 13 heavy (non-hydrogen) atoms. The highest BCUT2D eigenvalue weighted by atomic mass is 31.2. The van der Waals surface area contributed by atoms with Gasteiger partial charge in [-0.1, -0.05) is 12.7 Å². The Morgan fingerprint density at radius 2 is 1.85 bits per heavy atom. The lowest BCUT2D eigenvalue weighted by atomic mass is 10.4. The molecule has 0 heterocycles. The van der Waals surface area contributed by atoms with Gasteiger partial charge in [-0.2, -0.15) is 0 Å². The van der Waals surface area contributed by atoms with E-state index < -0.39 is 7.60 Å². The third kappa shape index (κ3) is 3.90. The Hall–Kier alpha value is -0.370. The highest BCUT2D eigenvalue weighted by Crippen LogP contribution is 2.56. The lowest BCUT2D eigenvalue weighted by Gasteiger charge is -2.17. The van der Waals surface area contributed by atoms with Crippen LogP contribution in [-0.2, 0) is 13.6 Å². The minimum Gasteiger partial charge on any atom is -0.306 e. The first kappa shape index (κ1) is 12.6. The largest absolute Gasteiger partial charge is 0.357 e. The molecule has 0 saturated heterocycles. The fraction of sp³-hybridized carbons (Fsp3) is 0.556. The summed E-state index contributed by atoms with van der Waals surface area (Å²) >= 11 is 0. The van der Waals surface area contributed by atoms with Crippen molar-refractivity contribution in [3.63, 3.8) is 0 Å². The van der Waals surface area contributed by atoms with Gasteiger partial charge in [-0.15, -0.1) is 6.58 Å². The van der Waals surface area contributed by atoms with Crippen LogP contribution in [0.5, 0.6) is 0 Å². The van der Waals surface area contributed by atoms with Gasteiger partial charge in [-0.05, 0) is 20.3 Å². The average molecular weight is 204 g/mol. The summed E-state index contributed by atoms with van der Waals surface area (Å²) in [5.74, 6) is 0. The fourth-order valence-electron chi connectivity index (χ4n) is 0.838. The molecule has 0 unspecified atom stereocenters. The zero-order valence-electron chi connectivity index (χ0n) is 8.28. The van der Waals surface area contributed by atoms with E-state index in [1.54, 1.807) is 19.9 Å². The molecule has 0 radical (unpaired) electrons. The number of rotatable bonds is 7. The van der Waals surface area contributed by atoms with E-state index in [2.05, 4.69) is 13.2 Å². The van der Waals surface area contributed by atoms with Crippen LogP contribution in [0, 0.1) is 0 Å². The van der Waals surface area contributed by atoms with E-state index in [0.29, 0.717) is 24.9 Å². The van der Waals surface area contributed by atoms with E-state index in [9.17, 15) is 4.57 Å². The average Bonchev–Trinajstić information content (AvgIpc) is 2.05. The van der Waals surface area contributed by atoms with Gasteiger partial charge < -0.3 is 9.05 Å². The minimum absolute atomic E-state index is 0.355. The standard InChI is InChI=1S/C9H17O3P/c1-5-8-9(4)13(10,11-6-2)12-7-3/h5H,1,4,6-8H2,2-3H3. The van der Waals surface area contributed by atoms with Crippen LogP contribution in [0.25, 0.3) is 0 Å². The molecule has 4 heteroatoms. The molecule has 0 aromatic heterocycles. The summed E-state index contributed by atoms with van der Waals surface area (Å²) in [6.45, 7) is 11.5. The van der Waals surface area contributed by atoms with Crippen LogP contribution in [0.2, 0.25) is 0 Å². The molecule has 0 rings (SSSR count). The van der Waals surface area contributed by atoms with Crippen molar-refractivity contribution in [2.45, 2.75) is 20.3 Å². The summed E-state index contributed by atoms with van der Waals surface area (Å²) in [7, 11) is -3.09. The second-order valence-electron chi connectivity index (χ2n) is 2.39. The van der Waals surface area contributed by atoms with Gasteiger partial charge in [0.1, 0.15) is 0 Å². The van der Waals surface area contributed by atoms with Gasteiger partial charge in [0.2, 0.25) is 0 Å². The monoisotopic (exact) mass is 204 g/mol. The van der Waals surface area contributed by atoms with Crippen molar-refractivity contribution in [1.82, 2.24) is 0 Å². The topological polar surface area (TPSA) is 35.5 Å². The van der Waals surface area contributed by atoms with Gasteiger partial charge in [0.15, 0.2) is 0 Å². The van der Waals surface area contributed by atoms with Gasteiger partial charge in [0, 0.05) is 5.31 Å². The molecule has 0 bridgehead atoms. The molecule has 0 aromatic carbocycles. The van der Waals surface area contributed by atoms with Crippen molar-refractivity contribution in [3.8, 4) is 0 Å². The molecule has 0 aromatic rings. The summed E-state index contributed by atoms with van der Waals surface area (Å²) in [6, 6.07) is 0. The Kier molecular flexibility index (Phi) is 5.97. The second kappa shape index (κ2) is 6.14. The molecule has 0 aliphatic heterocycles. The predicted octanol–water partition coefficient (Wildman–Crippen LogP) is 3.34. The van der Waals surface area contributed by atoms with E-state index in [-0.39, 0.29) is 0 Å². The molecular weight excluding hydrogens is 187 g/mol. The highest BCUT2D eigenvalue weighted by molar-refractivity contribution is 7.58. The van der Waals surface area contributed by atoms with Crippen molar-refractivity contribution in [1.29, 1.82) is 0 Å². The SMILES string of the molecule is C=CCC(=C)P(=O)(OCC)OCC. The van der Waals surface area contributed by atoms with Crippen LogP contribution in [0.1, 0.15) is 20.3 Å². The quantitative estimate of drug-likeness (QED) is 0.471.